The van der Waals surface area contributed by atoms with E-state index in [0.717, 1.165) is 22.7 Å². The van der Waals surface area contributed by atoms with E-state index in [9.17, 15) is 4.79 Å². The molecule has 4 rings (SSSR count). The van der Waals surface area contributed by atoms with Gasteiger partial charge in [-0.15, -0.1) is 5.10 Å². The summed E-state index contributed by atoms with van der Waals surface area (Å²) >= 11 is 0. The van der Waals surface area contributed by atoms with Crippen LogP contribution in [0.3, 0.4) is 0 Å². The molecular formula is C19H17N5O. The minimum Gasteiger partial charge on any atom is -0.352 e. The third-order valence-electron chi connectivity index (χ3n) is 4.15. The number of rotatable bonds is 4. The average Bonchev–Trinajstić information content (AvgIpc) is 3.29. The summed E-state index contributed by atoms with van der Waals surface area (Å²) in [5.41, 5.74) is 5.41. The van der Waals surface area contributed by atoms with Crippen molar-refractivity contribution in [3.05, 3.63) is 77.1 Å². The number of hydrogen-bond acceptors (Lipinski definition) is 4. The van der Waals surface area contributed by atoms with Gasteiger partial charge in [0.25, 0.3) is 5.91 Å². The highest BCUT2D eigenvalue weighted by molar-refractivity contribution is 6.13. The Kier molecular flexibility index (Phi) is 3.85. The van der Waals surface area contributed by atoms with E-state index in [4.69, 9.17) is 0 Å². The molecule has 2 heterocycles. The molecule has 0 spiro atoms. The van der Waals surface area contributed by atoms with Crippen molar-refractivity contribution in [3.8, 4) is 5.69 Å². The van der Waals surface area contributed by atoms with Crippen molar-refractivity contribution in [2.24, 2.45) is 4.99 Å². The summed E-state index contributed by atoms with van der Waals surface area (Å²) < 4.78 is 1.69. The molecule has 0 radical (unpaired) electrons. The summed E-state index contributed by atoms with van der Waals surface area (Å²) in [7, 11) is 0. The van der Waals surface area contributed by atoms with Crippen molar-refractivity contribution < 1.29 is 4.79 Å². The number of fused-ring (bicyclic) bond motifs is 1. The van der Waals surface area contributed by atoms with E-state index in [1.807, 2.05) is 37.4 Å². The van der Waals surface area contributed by atoms with Crippen LogP contribution in [0.4, 0.5) is 0 Å². The van der Waals surface area contributed by atoms with Crippen molar-refractivity contribution in [3.63, 3.8) is 0 Å². The molecule has 1 aliphatic rings. The summed E-state index contributed by atoms with van der Waals surface area (Å²) in [6, 6.07) is 15.4. The second kappa shape index (κ2) is 6.32. The molecule has 6 nitrogen and oxygen atoms in total. The number of benzene rings is 2. The predicted octanol–water partition coefficient (Wildman–Crippen LogP) is 2.37. The largest absolute Gasteiger partial charge is 0.352 e. The van der Waals surface area contributed by atoms with Crippen LogP contribution < -0.4 is 5.32 Å². The van der Waals surface area contributed by atoms with Crippen molar-refractivity contribution in [1.82, 2.24) is 20.3 Å². The van der Waals surface area contributed by atoms with Crippen LogP contribution in [-0.4, -0.2) is 33.2 Å². The van der Waals surface area contributed by atoms with Gasteiger partial charge < -0.3 is 5.32 Å². The molecule has 2 aromatic carbocycles. The molecule has 6 heteroatoms. The highest BCUT2D eigenvalue weighted by Crippen LogP contribution is 2.22. The number of nitrogens with zero attached hydrogens (tertiary/aromatic N) is 4. The average molecular weight is 331 g/mol. The Balaban J connectivity index is 1.59. The number of aliphatic imine (C=N–C) groups is 1. The Hall–Kier alpha value is -3.28. The van der Waals surface area contributed by atoms with Gasteiger partial charge in [0.05, 0.1) is 24.1 Å². The Morgan fingerprint density at radius 3 is 2.76 bits per heavy atom. The van der Waals surface area contributed by atoms with Gasteiger partial charge in [-0.1, -0.05) is 29.5 Å². The summed E-state index contributed by atoms with van der Waals surface area (Å²) in [5, 5.41) is 11.2. The van der Waals surface area contributed by atoms with Crippen LogP contribution in [0.2, 0.25) is 0 Å². The summed E-state index contributed by atoms with van der Waals surface area (Å²) in [6.45, 7) is 3.18. The zero-order valence-corrected chi connectivity index (χ0v) is 13.8. The highest BCUT2D eigenvalue weighted by Gasteiger charge is 2.19. The minimum absolute atomic E-state index is 0.0785. The molecule has 0 aliphatic carbocycles. The number of hydrogen-bond donors (Lipinski definition) is 1. The first-order chi connectivity index (χ1) is 12.3. The van der Waals surface area contributed by atoms with E-state index in [2.05, 4.69) is 32.8 Å². The van der Waals surface area contributed by atoms with Crippen molar-refractivity contribution >= 4 is 11.6 Å². The number of carbonyl (C=O) groups excluding carboxylic acids is 1. The quantitative estimate of drug-likeness (QED) is 0.798. The van der Waals surface area contributed by atoms with E-state index in [1.54, 1.807) is 16.8 Å². The topological polar surface area (TPSA) is 72.2 Å². The standard InChI is InChI=1S/C19H17N5O/c1-2-20-19(25)13-7-9-15(10-8-13)24-12-17(22-23-24)18-16-6-4-3-5-14(16)11-21-18/h3-10,12H,2,11H2,1H3,(H,20,25). The zero-order chi connectivity index (χ0) is 17.2. The van der Waals surface area contributed by atoms with Crippen molar-refractivity contribution in [2.75, 3.05) is 6.54 Å². The van der Waals surface area contributed by atoms with E-state index >= 15 is 0 Å². The molecule has 0 bridgehead atoms. The van der Waals surface area contributed by atoms with Crippen molar-refractivity contribution in [1.29, 1.82) is 0 Å². The Bertz CT molecular complexity index is 956. The van der Waals surface area contributed by atoms with Crippen LogP contribution in [0.15, 0.2) is 59.7 Å². The third-order valence-corrected chi connectivity index (χ3v) is 4.15. The molecule has 1 aliphatic heterocycles. The van der Waals surface area contributed by atoms with Crippen molar-refractivity contribution in [2.45, 2.75) is 13.5 Å². The lowest BCUT2D eigenvalue weighted by molar-refractivity contribution is 0.0956. The molecule has 1 N–H and O–H groups in total. The molecule has 1 amide bonds. The number of amides is 1. The normalized spacial score (nSPS) is 12.6. The molecule has 1 aromatic heterocycles. The monoisotopic (exact) mass is 331 g/mol. The first-order valence-corrected chi connectivity index (χ1v) is 8.20. The van der Waals surface area contributed by atoms with Gasteiger partial charge in [0, 0.05) is 17.7 Å². The molecule has 0 unspecified atom stereocenters. The minimum atomic E-state index is -0.0785. The Morgan fingerprint density at radius 1 is 1.16 bits per heavy atom. The Labute approximate surface area is 145 Å². The molecular weight excluding hydrogens is 314 g/mol. The smallest absolute Gasteiger partial charge is 0.251 e. The summed E-state index contributed by atoms with van der Waals surface area (Å²) in [4.78, 5) is 16.4. The van der Waals surface area contributed by atoms with Crippen LogP contribution in [0.25, 0.3) is 5.69 Å². The maximum absolute atomic E-state index is 11.8. The van der Waals surface area contributed by atoms with Crippen LogP contribution in [-0.2, 0) is 6.54 Å². The lowest BCUT2D eigenvalue weighted by atomic mass is 10.0. The first-order valence-electron chi connectivity index (χ1n) is 8.20. The van der Waals surface area contributed by atoms with Gasteiger partial charge in [-0.25, -0.2) is 4.68 Å². The van der Waals surface area contributed by atoms with Crippen LogP contribution in [0, 0.1) is 0 Å². The van der Waals surface area contributed by atoms with E-state index < -0.39 is 0 Å². The van der Waals surface area contributed by atoms with Gasteiger partial charge in [0.15, 0.2) is 0 Å². The SMILES string of the molecule is CCNC(=O)c1ccc(-n2cc(C3=NCc4ccccc43)nn2)cc1. The van der Waals surface area contributed by atoms with E-state index in [-0.39, 0.29) is 5.91 Å². The summed E-state index contributed by atoms with van der Waals surface area (Å²) in [5.74, 6) is -0.0785. The molecule has 0 saturated carbocycles. The highest BCUT2D eigenvalue weighted by atomic mass is 16.1. The second-order valence-electron chi connectivity index (χ2n) is 5.78. The maximum Gasteiger partial charge on any atom is 0.251 e. The molecule has 0 atom stereocenters. The number of aromatic nitrogens is 3. The third kappa shape index (κ3) is 2.82. The fourth-order valence-electron chi connectivity index (χ4n) is 2.88. The van der Waals surface area contributed by atoms with Gasteiger partial charge in [-0.3, -0.25) is 9.79 Å². The second-order valence-corrected chi connectivity index (χ2v) is 5.78. The van der Waals surface area contributed by atoms with E-state index in [1.165, 1.54) is 5.56 Å². The number of carbonyl (C=O) groups is 1. The summed E-state index contributed by atoms with van der Waals surface area (Å²) in [6.07, 6.45) is 1.86. The maximum atomic E-state index is 11.8. The lowest BCUT2D eigenvalue weighted by Gasteiger charge is -2.04. The van der Waals surface area contributed by atoms with E-state index in [0.29, 0.717) is 18.7 Å². The number of nitrogens with one attached hydrogen (secondary N) is 1. The fourth-order valence-corrected chi connectivity index (χ4v) is 2.88. The lowest BCUT2D eigenvalue weighted by Crippen LogP contribution is -2.22. The first kappa shape index (κ1) is 15.3. The van der Waals surface area contributed by atoms with Gasteiger partial charge in [0.2, 0.25) is 0 Å². The molecule has 124 valence electrons. The molecule has 0 saturated heterocycles. The molecule has 25 heavy (non-hydrogen) atoms. The Morgan fingerprint density at radius 2 is 1.96 bits per heavy atom. The van der Waals surface area contributed by atoms with Gasteiger partial charge in [0.1, 0.15) is 5.69 Å². The molecule has 0 fully saturated rings. The van der Waals surface area contributed by atoms with Crippen LogP contribution in [0.1, 0.15) is 34.1 Å². The fraction of sp³-hybridized carbons (Fsp3) is 0.158. The van der Waals surface area contributed by atoms with Gasteiger partial charge in [-0.05, 0) is 36.8 Å². The molecule has 3 aromatic rings. The predicted molar refractivity (Wildman–Crippen MR) is 95.2 cm³/mol. The van der Waals surface area contributed by atoms with Gasteiger partial charge in [-0.2, -0.15) is 0 Å². The van der Waals surface area contributed by atoms with Gasteiger partial charge >= 0.3 is 0 Å². The van der Waals surface area contributed by atoms with Crippen LogP contribution in [0.5, 0.6) is 0 Å². The van der Waals surface area contributed by atoms with Crippen LogP contribution >= 0.6 is 0 Å². The zero-order valence-electron chi connectivity index (χ0n) is 13.8.